The molecule has 0 bridgehead atoms. The van der Waals surface area contributed by atoms with E-state index in [-0.39, 0.29) is 11.5 Å². The fourth-order valence-corrected chi connectivity index (χ4v) is 3.18. The molecule has 21 heavy (non-hydrogen) atoms. The van der Waals surface area contributed by atoms with Gasteiger partial charge in [0.1, 0.15) is 0 Å². The van der Waals surface area contributed by atoms with Crippen molar-refractivity contribution < 1.29 is 13.5 Å². The summed E-state index contributed by atoms with van der Waals surface area (Å²) >= 11 is 0. The average Bonchev–Trinajstić information content (AvgIpc) is 2.49. The van der Waals surface area contributed by atoms with Gasteiger partial charge in [0, 0.05) is 5.69 Å². The van der Waals surface area contributed by atoms with Gasteiger partial charge in [0.15, 0.2) is 0 Å². The highest BCUT2D eigenvalue weighted by Crippen LogP contribution is 2.18. The lowest BCUT2D eigenvalue weighted by atomic mass is 10.1. The van der Waals surface area contributed by atoms with E-state index in [1.54, 1.807) is 24.3 Å². The van der Waals surface area contributed by atoms with Crippen LogP contribution in [0.5, 0.6) is 0 Å². The van der Waals surface area contributed by atoms with E-state index in [9.17, 15) is 8.42 Å². The first kappa shape index (κ1) is 15.5. The largest absolute Gasteiger partial charge is 0.392 e. The number of benzene rings is 2. The van der Waals surface area contributed by atoms with Crippen LogP contribution in [0.25, 0.3) is 0 Å². The number of hydrogen-bond donors (Lipinski definition) is 2. The van der Waals surface area contributed by atoms with Gasteiger partial charge in [-0.3, -0.25) is 4.72 Å². The molecule has 5 heteroatoms. The minimum absolute atomic E-state index is 0.145. The van der Waals surface area contributed by atoms with Gasteiger partial charge in [-0.25, -0.2) is 8.42 Å². The molecule has 0 atom stereocenters. The molecule has 4 nitrogen and oxygen atoms in total. The Kier molecular flexibility index (Phi) is 4.98. The van der Waals surface area contributed by atoms with Gasteiger partial charge in [-0.1, -0.05) is 37.6 Å². The van der Waals surface area contributed by atoms with Gasteiger partial charge in [-0.05, 0) is 41.8 Å². The second kappa shape index (κ2) is 6.74. The van der Waals surface area contributed by atoms with Gasteiger partial charge in [0.2, 0.25) is 0 Å². The van der Waals surface area contributed by atoms with E-state index >= 15 is 0 Å². The molecule has 0 aliphatic carbocycles. The lowest BCUT2D eigenvalue weighted by molar-refractivity contribution is 0.281. The SMILES string of the molecule is CCCc1ccc(NS(=O)(=O)c2cccc(CO)c2)cc1. The zero-order valence-electron chi connectivity index (χ0n) is 11.9. The van der Waals surface area contributed by atoms with Crippen molar-refractivity contribution in [2.75, 3.05) is 4.72 Å². The normalized spacial score (nSPS) is 11.3. The summed E-state index contributed by atoms with van der Waals surface area (Å²) in [4.78, 5) is 0.145. The van der Waals surface area contributed by atoms with E-state index in [1.165, 1.54) is 17.7 Å². The van der Waals surface area contributed by atoms with Crippen LogP contribution in [0.2, 0.25) is 0 Å². The van der Waals surface area contributed by atoms with Crippen molar-refractivity contribution in [1.82, 2.24) is 0 Å². The summed E-state index contributed by atoms with van der Waals surface area (Å²) < 4.78 is 27.1. The molecule has 0 aliphatic heterocycles. The van der Waals surface area contributed by atoms with Crippen LogP contribution in [0.15, 0.2) is 53.4 Å². The third kappa shape index (κ3) is 4.06. The predicted molar refractivity (Wildman–Crippen MR) is 83.6 cm³/mol. The van der Waals surface area contributed by atoms with Gasteiger partial charge in [0.25, 0.3) is 10.0 Å². The number of hydrogen-bond acceptors (Lipinski definition) is 3. The summed E-state index contributed by atoms with van der Waals surface area (Å²) in [6.07, 6.45) is 2.03. The van der Waals surface area contributed by atoms with E-state index in [4.69, 9.17) is 5.11 Å². The number of aliphatic hydroxyl groups is 1. The van der Waals surface area contributed by atoms with Crippen molar-refractivity contribution in [1.29, 1.82) is 0 Å². The van der Waals surface area contributed by atoms with Gasteiger partial charge >= 0.3 is 0 Å². The summed E-state index contributed by atoms with van der Waals surface area (Å²) in [5.41, 5.74) is 2.28. The van der Waals surface area contributed by atoms with Gasteiger partial charge in [-0.2, -0.15) is 0 Å². The number of sulfonamides is 1. The van der Waals surface area contributed by atoms with Crippen LogP contribution < -0.4 is 4.72 Å². The number of rotatable bonds is 6. The van der Waals surface area contributed by atoms with E-state index < -0.39 is 10.0 Å². The van der Waals surface area contributed by atoms with Crippen molar-refractivity contribution in [3.05, 3.63) is 59.7 Å². The smallest absolute Gasteiger partial charge is 0.261 e. The molecule has 2 rings (SSSR count). The Labute approximate surface area is 125 Å². The minimum atomic E-state index is -3.63. The maximum absolute atomic E-state index is 12.3. The van der Waals surface area contributed by atoms with Gasteiger partial charge in [-0.15, -0.1) is 0 Å². The zero-order chi connectivity index (χ0) is 15.3. The highest BCUT2D eigenvalue weighted by atomic mass is 32.2. The fraction of sp³-hybridized carbons (Fsp3) is 0.250. The monoisotopic (exact) mass is 305 g/mol. The number of anilines is 1. The second-order valence-electron chi connectivity index (χ2n) is 4.86. The molecule has 0 saturated carbocycles. The molecule has 2 N–H and O–H groups in total. The summed E-state index contributed by atoms with van der Waals surface area (Å²) in [5, 5.41) is 9.08. The van der Waals surface area contributed by atoms with E-state index in [2.05, 4.69) is 11.6 Å². The molecule has 0 saturated heterocycles. The van der Waals surface area contributed by atoms with E-state index in [1.807, 2.05) is 12.1 Å². The van der Waals surface area contributed by atoms with Crippen LogP contribution in [-0.4, -0.2) is 13.5 Å². The molecule has 0 amide bonds. The number of nitrogens with one attached hydrogen (secondary N) is 1. The highest BCUT2D eigenvalue weighted by Gasteiger charge is 2.14. The first-order valence-electron chi connectivity index (χ1n) is 6.86. The van der Waals surface area contributed by atoms with Crippen molar-refractivity contribution in [2.24, 2.45) is 0 Å². The molecule has 0 fully saturated rings. The summed E-state index contributed by atoms with van der Waals surface area (Å²) in [6, 6.07) is 13.6. The minimum Gasteiger partial charge on any atom is -0.392 e. The quantitative estimate of drug-likeness (QED) is 0.862. The molecule has 112 valence electrons. The molecule has 0 heterocycles. The third-order valence-corrected chi connectivity index (χ3v) is 4.52. The van der Waals surface area contributed by atoms with E-state index in [0.717, 1.165) is 12.8 Å². The van der Waals surface area contributed by atoms with Gasteiger partial charge < -0.3 is 5.11 Å². The van der Waals surface area contributed by atoms with Crippen LogP contribution in [-0.2, 0) is 23.1 Å². The number of aryl methyl sites for hydroxylation is 1. The molecule has 0 aromatic heterocycles. The van der Waals surface area contributed by atoms with Crippen molar-refractivity contribution >= 4 is 15.7 Å². The summed E-state index contributed by atoms with van der Waals surface area (Å²) in [5.74, 6) is 0. The van der Waals surface area contributed by atoms with Crippen molar-refractivity contribution in [3.8, 4) is 0 Å². The second-order valence-corrected chi connectivity index (χ2v) is 6.54. The first-order valence-corrected chi connectivity index (χ1v) is 8.35. The predicted octanol–water partition coefficient (Wildman–Crippen LogP) is 2.93. The topological polar surface area (TPSA) is 66.4 Å². The standard InChI is InChI=1S/C16H19NO3S/c1-2-4-13-7-9-15(10-8-13)17-21(19,20)16-6-3-5-14(11-16)12-18/h3,5-11,17-18H,2,4,12H2,1H3. The summed E-state index contributed by atoms with van der Waals surface area (Å²) in [7, 11) is -3.63. The van der Waals surface area contributed by atoms with Crippen LogP contribution in [0.3, 0.4) is 0 Å². The van der Waals surface area contributed by atoms with E-state index in [0.29, 0.717) is 11.3 Å². The maximum Gasteiger partial charge on any atom is 0.261 e. The lowest BCUT2D eigenvalue weighted by Gasteiger charge is -2.09. The number of aliphatic hydroxyl groups excluding tert-OH is 1. The fourth-order valence-electron chi connectivity index (χ4n) is 2.05. The summed E-state index contributed by atoms with van der Waals surface area (Å²) in [6.45, 7) is 1.92. The lowest BCUT2D eigenvalue weighted by Crippen LogP contribution is -2.13. The zero-order valence-corrected chi connectivity index (χ0v) is 12.7. The Morgan fingerprint density at radius 1 is 1.05 bits per heavy atom. The molecule has 2 aromatic carbocycles. The van der Waals surface area contributed by atoms with Crippen LogP contribution >= 0.6 is 0 Å². The van der Waals surface area contributed by atoms with Gasteiger partial charge in [0.05, 0.1) is 11.5 Å². The van der Waals surface area contributed by atoms with Crippen LogP contribution in [0.4, 0.5) is 5.69 Å². The maximum atomic E-state index is 12.3. The molecular weight excluding hydrogens is 286 g/mol. The molecule has 0 radical (unpaired) electrons. The molecule has 2 aromatic rings. The van der Waals surface area contributed by atoms with Crippen molar-refractivity contribution in [3.63, 3.8) is 0 Å². The third-order valence-electron chi connectivity index (χ3n) is 3.14. The average molecular weight is 305 g/mol. The highest BCUT2D eigenvalue weighted by molar-refractivity contribution is 7.92. The Hall–Kier alpha value is -1.85. The molecular formula is C16H19NO3S. The Bertz CT molecular complexity index is 694. The molecule has 0 aliphatic rings. The Balaban J connectivity index is 2.20. The van der Waals surface area contributed by atoms with Crippen LogP contribution in [0, 0.1) is 0 Å². The van der Waals surface area contributed by atoms with Crippen molar-refractivity contribution in [2.45, 2.75) is 31.3 Å². The first-order chi connectivity index (χ1) is 10.0. The Morgan fingerprint density at radius 3 is 2.38 bits per heavy atom. The van der Waals surface area contributed by atoms with Crippen LogP contribution in [0.1, 0.15) is 24.5 Å². The Morgan fingerprint density at radius 2 is 1.76 bits per heavy atom. The molecule has 0 spiro atoms. The molecule has 0 unspecified atom stereocenters.